The summed E-state index contributed by atoms with van der Waals surface area (Å²) in [5.41, 5.74) is 5.94. The number of halogens is 3. The summed E-state index contributed by atoms with van der Waals surface area (Å²) in [6, 6.07) is 11.5. The van der Waals surface area contributed by atoms with Crippen LogP contribution in [0.15, 0.2) is 47.3 Å². The van der Waals surface area contributed by atoms with Crippen molar-refractivity contribution in [3.05, 3.63) is 52.8 Å². The van der Waals surface area contributed by atoms with Gasteiger partial charge in [-0.25, -0.2) is 4.79 Å². The van der Waals surface area contributed by atoms with Crippen LogP contribution in [-0.2, 0) is 14.3 Å². The van der Waals surface area contributed by atoms with Gasteiger partial charge in [0.1, 0.15) is 0 Å². The molecule has 0 saturated carbocycles. The van der Waals surface area contributed by atoms with Gasteiger partial charge in [-0.1, -0.05) is 31.0 Å². The van der Waals surface area contributed by atoms with Gasteiger partial charge >= 0.3 is 12.1 Å². The van der Waals surface area contributed by atoms with Crippen LogP contribution in [0, 0.1) is 0 Å². The molecular formula is C23H25F3N4O4. The first-order chi connectivity index (χ1) is 16.2. The Balaban J connectivity index is 1.78. The average Bonchev–Trinajstić information content (AvgIpc) is 2.80. The minimum Gasteiger partial charge on any atom is -0.430 e. The minimum atomic E-state index is -5.24. The van der Waals surface area contributed by atoms with Crippen molar-refractivity contribution in [2.45, 2.75) is 38.1 Å². The Morgan fingerprint density at radius 2 is 1.71 bits per heavy atom. The Morgan fingerprint density at radius 1 is 1.00 bits per heavy atom. The molecule has 8 nitrogen and oxygen atoms in total. The summed E-state index contributed by atoms with van der Waals surface area (Å²) >= 11 is 0. The molecular weight excluding hydrogens is 453 g/mol. The van der Waals surface area contributed by atoms with Crippen LogP contribution in [0.3, 0.4) is 0 Å². The molecule has 3 aromatic rings. The Bertz CT molecular complexity index is 1230. The second-order valence-electron chi connectivity index (χ2n) is 7.69. The summed E-state index contributed by atoms with van der Waals surface area (Å²) in [7, 11) is 0. The number of benzene rings is 2. The van der Waals surface area contributed by atoms with Gasteiger partial charge in [0.2, 0.25) is 6.23 Å². The number of ether oxygens (including phenoxy) is 1. The molecule has 0 radical (unpaired) electrons. The first kappa shape index (κ1) is 25.2. The molecule has 11 heteroatoms. The van der Waals surface area contributed by atoms with Crippen LogP contribution in [0.4, 0.5) is 18.9 Å². The largest absolute Gasteiger partial charge is 0.490 e. The summed E-state index contributed by atoms with van der Waals surface area (Å²) < 4.78 is 42.5. The molecule has 0 bridgehead atoms. The number of anilines is 1. The number of unbranched alkanes of at least 4 members (excludes halogenated alkanes) is 3. The molecule has 3 rings (SSSR count). The first-order valence-electron chi connectivity index (χ1n) is 10.8. The fourth-order valence-corrected chi connectivity index (χ4v) is 3.49. The van der Waals surface area contributed by atoms with E-state index in [-0.39, 0.29) is 17.8 Å². The van der Waals surface area contributed by atoms with Gasteiger partial charge in [-0.15, -0.1) is 0 Å². The third kappa shape index (κ3) is 6.33. The van der Waals surface area contributed by atoms with Gasteiger partial charge in [-0.3, -0.25) is 14.9 Å². The SMILES string of the molecule is NCCCCCCNC(OC(=O)C(F)(F)F)C(=O)Nc1ccc2[nH]c(=O)c3ccccc3c2c1. The lowest BCUT2D eigenvalue weighted by Crippen LogP contribution is -2.46. The molecule has 1 aromatic heterocycles. The number of rotatable bonds is 10. The van der Waals surface area contributed by atoms with Crippen molar-refractivity contribution in [3.8, 4) is 0 Å². The highest BCUT2D eigenvalue weighted by molar-refractivity contribution is 6.07. The fraction of sp³-hybridized carbons (Fsp3) is 0.348. The second-order valence-corrected chi connectivity index (χ2v) is 7.69. The van der Waals surface area contributed by atoms with Crippen molar-refractivity contribution >= 4 is 39.2 Å². The van der Waals surface area contributed by atoms with E-state index in [9.17, 15) is 27.6 Å². The highest BCUT2D eigenvalue weighted by atomic mass is 19.4. The molecule has 182 valence electrons. The monoisotopic (exact) mass is 478 g/mol. The number of esters is 1. The van der Waals surface area contributed by atoms with E-state index < -0.39 is 24.3 Å². The molecule has 34 heavy (non-hydrogen) atoms. The maximum Gasteiger partial charge on any atom is 0.490 e. The van der Waals surface area contributed by atoms with Crippen molar-refractivity contribution in [2.24, 2.45) is 5.73 Å². The molecule has 0 spiro atoms. The Kier molecular flexibility index (Phi) is 8.24. The van der Waals surface area contributed by atoms with E-state index in [1.807, 2.05) is 0 Å². The summed E-state index contributed by atoms with van der Waals surface area (Å²) in [5, 5.41) is 6.76. The molecule has 1 atom stereocenters. The average molecular weight is 478 g/mol. The lowest BCUT2D eigenvalue weighted by Gasteiger charge is -2.20. The zero-order chi connectivity index (χ0) is 24.7. The van der Waals surface area contributed by atoms with Gasteiger partial charge in [0.05, 0.1) is 0 Å². The normalized spacial score (nSPS) is 12.6. The number of nitrogens with one attached hydrogen (secondary N) is 3. The minimum absolute atomic E-state index is 0.164. The summed E-state index contributed by atoms with van der Waals surface area (Å²) in [5.74, 6) is -3.43. The molecule has 0 fully saturated rings. The van der Waals surface area contributed by atoms with Gasteiger partial charge in [0.15, 0.2) is 0 Å². The first-order valence-corrected chi connectivity index (χ1v) is 10.8. The van der Waals surface area contributed by atoms with Gasteiger partial charge in [-0.05, 0) is 55.6 Å². The van der Waals surface area contributed by atoms with E-state index in [0.717, 1.165) is 19.3 Å². The topological polar surface area (TPSA) is 126 Å². The molecule has 0 aliphatic heterocycles. The van der Waals surface area contributed by atoms with E-state index in [0.29, 0.717) is 34.6 Å². The number of aromatic amines is 1. The van der Waals surface area contributed by atoms with Crippen LogP contribution < -0.4 is 21.9 Å². The highest BCUT2D eigenvalue weighted by Crippen LogP contribution is 2.24. The van der Waals surface area contributed by atoms with E-state index in [4.69, 9.17) is 5.73 Å². The van der Waals surface area contributed by atoms with Crippen LogP contribution >= 0.6 is 0 Å². The van der Waals surface area contributed by atoms with Crippen molar-refractivity contribution in [2.75, 3.05) is 18.4 Å². The van der Waals surface area contributed by atoms with Crippen molar-refractivity contribution in [1.82, 2.24) is 10.3 Å². The lowest BCUT2D eigenvalue weighted by atomic mass is 10.1. The molecule has 5 N–H and O–H groups in total. The summed E-state index contributed by atoms with van der Waals surface area (Å²) in [4.78, 5) is 39.0. The van der Waals surface area contributed by atoms with Gasteiger partial charge in [-0.2, -0.15) is 13.2 Å². The number of amides is 1. The Hall–Kier alpha value is -3.44. The number of nitrogens with two attached hydrogens (primary N) is 1. The number of carbonyl (C=O) groups excluding carboxylic acids is 2. The van der Waals surface area contributed by atoms with E-state index in [1.165, 1.54) is 6.07 Å². The molecule has 0 saturated heterocycles. The van der Waals surface area contributed by atoms with E-state index in [1.54, 1.807) is 36.4 Å². The van der Waals surface area contributed by atoms with E-state index in [2.05, 4.69) is 20.4 Å². The van der Waals surface area contributed by atoms with Crippen molar-refractivity contribution in [1.29, 1.82) is 0 Å². The quantitative estimate of drug-likeness (QED) is 0.154. The Labute approximate surface area is 192 Å². The zero-order valence-corrected chi connectivity index (χ0v) is 18.2. The van der Waals surface area contributed by atoms with Crippen LogP contribution in [0.5, 0.6) is 0 Å². The maximum absolute atomic E-state index is 12.7. The molecule has 0 aliphatic carbocycles. The number of fused-ring (bicyclic) bond motifs is 3. The molecule has 0 aliphatic rings. The third-order valence-electron chi connectivity index (χ3n) is 5.15. The van der Waals surface area contributed by atoms with Gasteiger partial charge in [0.25, 0.3) is 11.5 Å². The molecule has 1 amide bonds. The highest BCUT2D eigenvalue weighted by Gasteiger charge is 2.43. The van der Waals surface area contributed by atoms with Crippen LogP contribution in [0.1, 0.15) is 25.7 Å². The van der Waals surface area contributed by atoms with Crippen molar-refractivity contribution < 1.29 is 27.5 Å². The van der Waals surface area contributed by atoms with Crippen LogP contribution in [0.2, 0.25) is 0 Å². The molecule has 1 unspecified atom stereocenters. The number of carbonyl (C=O) groups is 2. The number of hydrogen-bond acceptors (Lipinski definition) is 6. The number of H-pyrrole nitrogens is 1. The van der Waals surface area contributed by atoms with Gasteiger partial charge in [0, 0.05) is 22.0 Å². The van der Waals surface area contributed by atoms with E-state index >= 15 is 0 Å². The number of aromatic nitrogens is 1. The summed E-state index contributed by atoms with van der Waals surface area (Å²) in [6.07, 6.45) is -4.12. The predicted octanol–water partition coefficient (Wildman–Crippen LogP) is 3.16. The second kappa shape index (κ2) is 11.1. The predicted molar refractivity (Wildman–Crippen MR) is 122 cm³/mol. The fourth-order valence-electron chi connectivity index (χ4n) is 3.49. The zero-order valence-electron chi connectivity index (χ0n) is 18.2. The third-order valence-corrected chi connectivity index (χ3v) is 5.15. The van der Waals surface area contributed by atoms with Gasteiger partial charge < -0.3 is 20.8 Å². The number of pyridine rings is 1. The lowest BCUT2D eigenvalue weighted by molar-refractivity contribution is -0.206. The smallest absolute Gasteiger partial charge is 0.430 e. The molecule has 2 aromatic carbocycles. The number of hydrogen-bond donors (Lipinski definition) is 4. The summed E-state index contributed by atoms with van der Waals surface area (Å²) in [6.45, 7) is 0.702. The maximum atomic E-state index is 12.7. The molecule has 1 heterocycles. The number of alkyl halides is 3. The standard InChI is InChI=1S/C23H25F3N4O4/c24-23(25,26)22(33)34-21(28-12-6-2-1-5-11-27)20(32)29-14-9-10-18-17(13-14)15-7-3-4-8-16(15)19(31)30-18/h3-4,7-10,13,21,28H,1-2,5-6,11-12,27H2,(H,29,32)(H,30,31). The van der Waals surface area contributed by atoms with Crippen LogP contribution in [0.25, 0.3) is 21.7 Å². The van der Waals surface area contributed by atoms with Crippen molar-refractivity contribution in [3.63, 3.8) is 0 Å². The Morgan fingerprint density at radius 3 is 2.41 bits per heavy atom. The van der Waals surface area contributed by atoms with Crippen LogP contribution in [-0.4, -0.2) is 42.4 Å².